The Labute approximate surface area is 118 Å². The predicted octanol–water partition coefficient (Wildman–Crippen LogP) is 1.93. The molecule has 3 fully saturated rings. The minimum atomic E-state index is 0.893. The Morgan fingerprint density at radius 3 is 2.16 bits per heavy atom. The van der Waals surface area contributed by atoms with Crippen molar-refractivity contribution in [2.45, 2.75) is 57.5 Å². The number of piperazine rings is 1. The molecule has 0 aromatic heterocycles. The van der Waals surface area contributed by atoms with Crippen LogP contribution in [0.1, 0.15) is 45.4 Å². The SMILES string of the molecule is CCNCC1CCC1N1CCN(C2CCCC2)CC1. The fraction of sp³-hybridized carbons (Fsp3) is 1.00. The van der Waals surface area contributed by atoms with Gasteiger partial charge in [0.15, 0.2) is 0 Å². The van der Waals surface area contributed by atoms with Gasteiger partial charge in [-0.1, -0.05) is 19.8 Å². The molecular weight excluding hydrogens is 234 g/mol. The fourth-order valence-electron chi connectivity index (χ4n) is 4.30. The molecule has 2 unspecified atom stereocenters. The molecule has 3 rings (SSSR count). The summed E-state index contributed by atoms with van der Waals surface area (Å²) in [4.78, 5) is 5.57. The van der Waals surface area contributed by atoms with E-state index in [1.54, 1.807) is 0 Å². The molecule has 0 bridgehead atoms. The average molecular weight is 265 g/mol. The van der Waals surface area contributed by atoms with Gasteiger partial charge >= 0.3 is 0 Å². The molecular formula is C16H31N3. The van der Waals surface area contributed by atoms with E-state index in [2.05, 4.69) is 22.0 Å². The third-order valence-electron chi connectivity index (χ3n) is 5.69. The maximum Gasteiger partial charge on any atom is 0.0137 e. The van der Waals surface area contributed by atoms with Gasteiger partial charge in [0, 0.05) is 38.3 Å². The molecule has 3 nitrogen and oxygen atoms in total. The van der Waals surface area contributed by atoms with Crippen molar-refractivity contribution in [1.29, 1.82) is 0 Å². The van der Waals surface area contributed by atoms with Crippen LogP contribution in [0.4, 0.5) is 0 Å². The van der Waals surface area contributed by atoms with Gasteiger partial charge in [-0.2, -0.15) is 0 Å². The highest BCUT2D eigenvalue weighted by Gasteiger charge is 2.37. The van der Waals surface area contributed by atoms with Crippen LogP contribution in [0.25, 0.3) is 0 Å². The van der Waals surface area contributed by atoms with Crippen LogP contribution in [0.15, 0.2) is 0 Å². The van der Waals surface area contributed by atoms with Crippen LogP contribution in [0.3, 0.4) is 0 Å². The van der Waals surface area contributed by atoms with Gasteiger partial charge in [0.25, 0.3) is 0 Å². The van der Waals surface area contributed by atoms with E-state index in [1.807, 2.05) is 0 Å². The molecule has 0 amide bonds. The third-order valence-corrected chi connectivity index (χ3v) is 5.69. The Morgan fingerprint density at radius 1 is 0.895 bits per heavy atom. The molecule has 1 saturated heterocycles. The predicted molar refractivity (Wildman–Crippen MR) is 80.5 cm³/mol. The van der Waals surface area contributed by atoms with Gasteiger partial charge in [-0.05, 0) is 44.7 Å². The normalized spacial score (nSPS) is 34.6. The Bertz CT molecular complexity index is 267. The zero-order valence-corrected chi connectivity index (χ0v) is 12.6. The van der Waals surface area contributed by atoms with Crippen LogP contribution < -0.4 is 5.32 Å². The van der Waals surface area contributed by atoms with Gasteiger partial charge in [0.1, 0.15) is 0 Å². The molecule has 3 aliphatic rings. The quantitative estimate of drug-likeness (QED) is 0.819. The van der Waals surface area contributed by atoms with Crippen molar-refractivity contribution in [2.75, 3.05) is 39.3 Å². The van der Waals surface area contributed by atoms with E-state index in [1.165, 1.54) is 71.2 Å². The summed E-state index contributed by atoms with van der Waals surface area (Å²) in [6.07, 6.45) is 8.76. The second-order valence-electron chi connectivity index (χ2n) is 6.72. The zero-order valence-electron chi connectivity index (χ0n) is 12.6. The van der Waals surface area contributed by atoms with Crippen molar-refractivity contribution < 1.29 is 0 Å². The van der Waals surface area contributed by atoms with Crippen LogP contribution in [0, 0.1) is 5.92 Å². The van der Waals surface area contributed by atoms with E-state index in [0.717, 1.165) is 24.5 Å². The van der Waals surface area contributed by atoms with Gasteiger partial charge in [0.05, 0.1) is 0 Å². The lowest BCUT2D eigenvalue weighted by molar-refractivity contribution is 0.0102. The smallest absolute Gasteiger partial charge is 0.0137 e. The molecule has 1 aliphatic heterocycles. The zero-order chi connectivity index (χ0) is 13.1. The van der Waals surface area contributed by atoms with Crippen molar-refractivity contribution in [3.63, 3.8) is 0 Å². The Balaban J connectivity index is 1.42. The number of nitrogens with one attached hydrogen (secondary N) is 1. The van der Waals surface area contributed by atoms with Crippen molar-refractivity contribution >= 4 is 0 Å². The van der Waals surface area contributed by atoms with Crippen LogP contribution >= 0.6 is 0 Å². The topological polar surface area (TPSA) is 18.5 Å². The highest BCUT2D eigenvalue weighted by Crippen LogP contribution is 2.33. The van der Waals surface area contributed by atoms with E-state index in [0.29, 0.717) is 0 Å². The second kappa shape index (κ2) is 6.55. The van der Waals surface area contributed by atoms with Crippen molar-refractivity contribution in [3.05, 3.63) is 0 Å². The molecule has 0 radical (unpaired) electrons. The van der Waals surface area contributed by atoms with Crippen molar-refractivity contribution in [3.8, 4) is 0 Å². The molecule has 3 heteroatoms. The molecule has 110 valence electrons. The van der Waals surface area contributed by atoms with Gasteiger partial charge in [-0.25, -0.2) is 0 Å². The summed E-state index contributed by atoms with van der Waals surface area (Å²) in [6, 6.07) is 1.82. The first-order valence-corrected chi connectivity index (χ1v) is 8.57. The van der Waals surface area contributed by atoms with Crippen LogP contribution in [0.2, 0.25) is 0 Å². The van der Waals surface area contributed by atoms with Gasteiger partial charge in [0.2, 0.25) is 0 Å². The van der Waals surface area contributed by atoms with E-state index >= 15 is 0 Å². The van der Waals surface area contributed by atoms with Crippen LogP contribution in [0.5, 0.6) is 0 Å². The molecule has 0 spiro atoms. The number of hydrogen-bond acceptors (Lipinski definition) is 3. The minimum Gasteiger partial charge on any atom is -0.317 e. The minimum absolute atomic E-state index is 0.893. The number of nitrogens with zero attached hydrogens (tertiary/aromatic N) is 2. The average Bonchev–Trinajstić information content (AvgIpc) is 2.93. The van der Waals surface area contributed by atoms with Gasteiger partial charge in [-0.15, -0.1) is 0 Å². The lowest BCUT2D eigenvalue weighted by Gasteiger charge is -2.48. The van der Waals surface area contributed by atoms with Gasteiger partial charge in [-0.3, -0.25) is 9.80 Å². The Hall–Kier alpha value is -0.120. The standard InChI is InChI=1S/C16H31N3/c1-2-17-13-14-7-8-16(14)19-11-9-18(10-12-19)15-5-3-4-6-15/h14-17H,2-13H2,1H3. The van der Waals surface area contributed by atoms with E-state index in [-0.39, 0.29) is 0 Å². The summed E-state index contributed by atoms with van der Waals surface area (Å²) in [5.41, 5.74) is 0. The maximum atomic E-state index is 3.54. The largest absolute Gasteiger partial charge is 0.317 e. The summed E-state index contributed by atoms with van der Waals surface area (Å²) in [7, 11) is 0. The van der Waals surface area contributed by atoms with Crippen LogP contribution in [-0.2, 0) is 0 Å². The summed E-state index contributed by atoms with van der Waals surface area (Å²) >= 11 is 0. The fourth-order valence-corrected chi connectivity index (χ4v) is 4.30. The summed E-state index contributed by atoms with van der Waals surface area (Å²) in [6.45, 7) is 9.88. The molecule has 19 heavy (non-hydrogen) atoms. The lowest BCUT2D eigenvalue weighted by atomic mass is 9.78. The van der Waals surface area contributed by atoms with Crippen molar-refractivity contribution in [1.82, 2.24) is 15.1 Å². The summed E-state index contributed by atoms with van der Waals surface area (Å²) < 4.78 is 0. The first kappa shape index (κ1) is 13.8. The number of hydrogen-bond donors (Lipinski definition) is 1. The monoisotopic (exact) mass is 265 g/mol. The lowest BCUT2D eigenvalue weighted by Crippen LogP contribution is -2.58. The van der Waals surface area contributed by atoms with Crippen molar-refractivity contribution in [2.24, 2.45) is 5.92 Å². The molecule has 0 aromatic rings. The molecule has 1 N–H and O–H groups in total. The first-order chi connectivity index (χ1) is 9.38. The van der Waals surface area contributed by atoms with E-state index in [4.69, 9.17) is 0 Å². The van der Waals surface area contributed by atoms with Gasteiger partial charge < -0.3 is 5.32 Å². The number of rotatable bonds is 5. The molecule has 2 atom stereocenters. The van der Waals surface area contributed by atoms with E-state index in [9.17, 15) is 0 Å². The molecule has 2 saturated carbocycles. The highest BCUT2D eigenvalue weighted by molar-refractivity contribution is 4.93. The molecule has 0 aromatic carbocycles. The molecule has 2 aliphatic carbocycles. The Morgan fingerprint density at radius 2 is 1.58 bits per heavy atom. The van der Waals surface area contributed by atoms with E-state index < -0.39 is 0 Å². The Kier molecular flexibility index (Phi) is 4.78. The first-order valence-electron chi connectivity index (χ1n) is 8.57. The van der Waals surface area contributed by atoms with Crippen LogP contribution in [-0.4, -0.2) is 61.2 Å². The third kappa shape index (κ3) is 3.14. The highest BCUT2D eigenvalue weighted by atomic mass is 15.3. The summed E-state index contributed by atoms with van der Waals surface area (Å²) in [5, 5.41) is 3.54. The maximum absolute atomic E-state index is 3.54. The summed E-state index contributed by atoms with van der Waals surface area (Å²) in [5.74, 6) is 0.929. The second-order valence-corrected chi connectivity index (χ2v) is 6.72. The molecule has 1 heterocycles.